The van der Waals surface area contributed by atoms with Gasteiger partial charge in [-0.25, -0.2) is 14.2 Å². The van der Waals surface area contributed by atoms with Crippen molar-refractivity contribution in [3.8, 4) is 0 Å². The minimum absolute atomic E-state index is 0.0104. The van der Waals surface area contributed by atoms with Crippen LogP contribution in [0.25, 0.3) is 0 Å². The molecule has 1 saturated heterocycles. The van der Waals surface area contributed by atoms with Gasteiger partial charge in [-0.3, -0.25) is 9.59 Å². The van der Waals surface area contributed by atoms with Gasteiger partial charge in [0.2, 0.25) is 5.91 Å². The Morgan fingerprint density at radius 3 is 2.45 bits per heavy atom. The smallest absolute Gasteiger partial charge is 0.337 e. The Hall–Kier alpha value is -3.98. The van der Waals surface area contributed by atoms with Crippen LogP contribution in [0.15, 0.2) is 48.7 Å². The SMILES string of the molecule is CNC(=O)c1cc(Cl)c(F)cc1NC(=O)C1(c2ccccc2C(C)C)CN(c2ncc(C(=O)O)cc2C)C1. The van der Waals surface area contributed by atoms with E-state index in [1.165, 1.54) is 19.3 Å². The van der Waals surface area contributed by atoms with Gasteiger partial charge >= 0.3 is 5.97 Å². The number of nitrogens with one attached hydrogen (secondary N) is 2. The normalized spacial score (nSPS) is 14.1. The number of benzene rings is 2. The molecule has 8 nitrogen and oxygen atoms in total. The molecule has 4 rings (SSSR count). The average Bonchev–Trinajstić information content (AvgIpc) is 2.85. The predicted octanol–water partition coefficient (Wildman–Crippen LogP) is 4.76. The minimum atomic E-state index is -1.07. The summed E-state index contributed by atoms with van der Waals surface area (Å²) in [6.07, 6.45) is 1.29. The number of halogens is 2. The zero-order valence-electron chi connectivity index (χ0n) is 21.4. The molecule has 10 heteroatoms. The zero-order chi connectivity index (χ0) is 27.8. The number of aromatic nitrogens is 1. The number of carboxylic acids is 1. The Kier molecular flexibility index (Phi) is 7.42. The molecule has 1 fully saturated rings. The summed E-state index contributed by atoms with van der Waals surface area (Å²) in [7, 11) is 1.43. The van der Waals surface area contributed by atoms with Gasteiger partial charge in [0.1, 0.15) is 17.1 Å². The molecule has 2 aromatic carbocycles. The maximum absolute atomic E-state index is 14.4. The molecule has 0 bridgehead atoms. The summed E-state index contributed by atoms with van der Waals surface area (Å²) >= 11 is 5.92. The number of hydrogen-bond acceptors (Lipinski definition) is 5. The topological polar surface area (TPSA) is 112 Å². The monoisotopic (exact) mass is 538 g/mol. The van der Waals surface area contributed by atoms with E-state index in [-0.39, 0.29) is 40.8 Å². The number of amides is 2. The first-order chi connectivity index (χ1) is 18.0. The van der Waals surface area contributed by atoms with Crippen molar-refractivity contribution >= 4 is 40.9 Å². The Morgan fingerprint density at radius 1 is 1.16 bits per heavy atom. The second kappa shape index (κ2) is 10.4. The van der Waals surface area contributed by atoms with Crippen LogP contribution in [-0.2, 0) is 10.2 Å². The molecule has 0 saturated carbocycles. The lowest BCUT2D eigenvalue weighted by molar-refractivity contribution is -0.122. The van der Waals surface area contributed by atoms with Crippen LogP contribution in [0.5, 0.6) is 0 Å². The molecule has 3 aromatic rings. The average molecular weight is 539 g/mol. The number of aromatic carboxylic acids is 1. The first-order valence-electron chi connectivity index (χ1n) is 12.1. The van der Waals surface area contributed by atoms with Gasteiger partial charge in [0.25, 0.3) is 5.91 Å². The standard InChI is InChI=1S/C28H28ClFN4O4/c1-15(2)18-7-5-6-8-20(18)28(13-34(14-28)24-16(3)9-17(12-32-24)26(36)37)27(38)33-23-11-22(30)21(29)10-19(23)25(35)31-4/h5-12,15H,13-14H2,1-4H3,(H,31,35)(H,33,38)(H,36,37). The van der Waals surface area contributed by atoms with Crippen LogP contribution in [0.2, 0.25) is 5.02 Å². The number of anilines is 2. The van der Waals surface area contributed by atoms with Crippen molar-refractivity contribution in [2.24, 2.45) is 0 Å². The lowest BCUT2D eigenvalue weighted by atomic mass is 9.69. The number of aryl methyl sites for hydroxylation is 1. The molecule has 0 aliphatic carbocycles. The quantitative estimate of drug-likeness (QED) is 0.400. The fraction of sp³-hybridized carbons (Fsp3) is 0.286. The van der Waals surface area contributed by atoms with Gasteiger partial charge in [0, 0.05) is 26.3 Å². The van der Waals surface area contributed by atoms with E-state index in [4.69, 9.17) is 11.6 Å². The van der Waals surface area contributed by atoms with Crippen molar-refractivity contribution in [3.05, 3.63) is 87.3 Å². The van der Waals surface area contributed by atoms with Crippen molar-refractivity contribution in [2.75, 3.05) is 30.4 Å². The van der Waals surface area contributed by atoms with Crippen LogP contribution in [0.1, 0.15) is 57.2 Å². The molecule has 0 atom stereocenters. The number of carbonyl (C=O) groups excluding carboxylic acids is 2. The molecular weight excluding hydrogens is 511 g/mol. The van der Waals surface area contributed by atoms with E-state index in [0.29, 0.717) is 11.4 Å². The van der Waals surface area contributed by atoms with Crippen molar-refractivity contribution in [2.45, 2.75) is 32.1 Å². The van der Waals surface area contributed by atoms with E-state index in [1.807, 2.05) is 43.0 Å². The Balaban J connectivity index is 1.76. The molecule has 2 amide bonds. The van der Waals surface area contributed by atoms with Gasteiger partial charge in [0.15, 0.2) is 0 Å². The largest absolute Gasteiger partial charge is 0.478 e. The van der Waals surface area contributed by atoms with Crippen molar-refractivity contribution in [3.63, 3.8) is 0 Å². The summed E-state index contributed by atoms with van der Waals surface area (Å²) in [5.74, 6) is -2.07. The lowest BCUT2D eigenvalue weighted by Crippen LogP contribution is -2.66. The third-order valence-corrected chi connectivity index (χ3v) is 7.12. The van der Waals surface area contributed by atoms with E-state index in [1.54, 1.807) is 13.0 Å². The van der Waals surface area contributed by atoms with Crippen molar-refractivity contribution < 1.29 is 23.9 Å². The van der Waals surface area contributed by atoms with E-state index >= 15 is 0 Å². The third kappa shape index (κ3) is 4.81. The van der Waals surface area contributed by atoms with Crippen LogP contribution in [0, 0.1) is 12.7 Å². The van der Waals surface area contributed by atoms with Gasteiger partial charge in [-0.15, -0.1) is 0 Å². The van der Waals surface area contributed by atoms with Crippen LogP contribution in [0.4, 0.5) is 15.9 Å². The molecule has 38 heavy (non-hydrogen) atoms. The molecule has 0 spiro atoms. The van der Waals surface area contributed by atoms with Crippen molar-refractivity contribution in [1.82, 2.24) is 10.3 Å². The number of carboxylic acid groups (broad SMARTS) is 1. The lowest BCUT2D eigenvalue weighted by Gasteiger charge is -2.51. The first-order valence-corrected chi connectivity index (χ1v) is 12.4. The Bertz CT molecular complexity index is 1440. The minimum Gasteiger partial charge on any atom is -0.478 e. The number of hydrogen-bond donors (Lipinski definition) is 3. The maximum atomic E-state index is 14.4. The third-order valence-electron chi connectivity index (χ3n) is 6.83. The molecule has 198 valence electrons. The molecule has 0 radical (unpaired) electrons. The van der Waals surface area contributed by atoms with Gasteiger partial charge in [0.05, 0.1) is 21.8 Å². The van der Waals surface area contributed by atoms with Gasteiger partial charge in [-0.1, -0.05) is 49.7 Å². The predicted molar refractivity (Wildman–Crippen MR) is 144 cm³/mol. The van der Waals surface area contributed by atoms with E-state index in [2.05, 4.69) is 15.6 Å². The summed E-state index contributed by atoms with van der Waals surface area (Å²) in [5, 5.41) is 14.3. The number of carbonyl (C=O) groups is 3. The van der Waals surface area contributed by atoms with Crippen molar-refractivity contribution in [1.29, 1.82) is 0 Å². The fourth-order valence-electron chi connectivity index (χ4n) is 4.86. The highest BCUT2D eigenvalue weighted by Gasteiger charge is 2.52. The summed E-state index contributed by atoms with van der Waals surface area (Å²) in [4.78, 5) is 44.1. The van der Waals surface area contributed by atoms with Crippen LogP contribution in [0.3, 0.4) is 0 Å². The summed E-state index contributed by atoms with van der Waals surface area (Å²) in [6, 6.07) is 11.4. The zero-order valence-corrected chi connectivity index (χ0v) is 22.2. The van der Waals surface area contributed by atoms with Gasteiger partial charge in [-0.2, -0.15) is 0 Å². The van der Waals surface area contributed by atoms with Crippen LogP contribution in [-0.4, -0.2) is 48.0 Å². The molecule has 1 aliphatic rings. The van der Waals surface area contributed by atoms with Crippen LogP contribution >= 0.6 is 11.6 Å². The van der Waals surface area contributed by atoms with E-state index in [0.717, 1.165) is 17.2 Å². The Labute approximate surface area is 224 Å². The first kappa shape index (κ1) is 27.1. The number of rotatable bonds is 7. The molecule has 2 heterocycles. The highest BCUT2D eigenvalue weighted by Crippen LogP contribution is 2.42. The second-order valence-corrected chi connectivity index (χ2v) is 10.1. The van der Waals surface area contributed by atoms with E-state index < -0.39 is 29.0 Å². The van der Waals surface area contributed by atoms with Gasteiger partial charge < -0.3 is 20.6 Å². The molecule has 0 unspecified atom stereocenters. The maximum Gasteiger partial charge on any atom is 0.337 e. The Morgan fingerprint density at radius 2 is 1.84 bits per heavy atom. The molecule has 1 aliphatic heterocycles. The fourth-order valence-corrected chi connectivity index (χ4v) is 5.02. The van der Waals surface area contributed by atoms with Crippen LogP contribution < -0.4 is 15.5 Å². The number of pyridine rings is 1. The highest BCUT2D eigenvalue weighted by atomic mass is 35.5. The molecule has 1 aromatic heterocycles. The second-order valence-electron chi connectivity index (χ2n) is 9.69. The molecular formula is C28H28ClFN4O4. The molecule has 3 N–H and O–H groups in total. The highest BCUT2D eigenvalue weighted by molar-refractivity contribution is 6.31. The van der Waals surface area contributed by atoms with Gasteiger partial charge in [-0.05, 0) is 47.7 Å². The summed E-state index contributed by atoms with van der Waals surface area (Å²) in [5.41, 5.74) is 1.55. The summed E-state index contributed by atoms with van der Waals surface area (Å²) < 4.78 is 14.4. The van der Waals surface area contributed by atoms with E-state index in [9.17, 15) is 23.9 Å². The number of nitrogens with zero attached hydrogens (tertiary/aromatic N) is 2. The summed E-state index contributed by atoms with van der Waals surface area (Å²) in [6.45, 7) is 6.33.